The molecule has 1 aliphatic carbocycles. The van der Waals surface area contributed by atoms with Crippen molar-refractivity contribution < 1.29 is 9.21 Å². The zero-order valence-electron chi connectivity index (χ0n) is 10.3. The topological polar surface area (TPSA) is 68.3 Å². The molecule has 0 bridgehead atoms. The third-order valence-corrected chi connectivity index (χ3v) is 3.96. The van der Waals surface area contributed by atoms with Crippen LogP contribution in [0.1, 0.15) is 48.9 Å². The maximum atomic E-state index is 12.1. The van der Waals surface area contributed by atoms with E-state index in [-0.39, 0.29) is 5.91 Å². The highest BCUT2D eigenvalue weighted by Gasteiger charge is 2.35. The molecule has 0 atom stereocenters. The molecule has 1 heterocycles. The Morgan fingerprint density at radius 1 is 1.33 bits per heavy atom. The van der Waals surface area contributed by atoms with Gasteiger partial charge in [-0.15, -0.1) is 0 Å². The van der Waals surface area contributed by atoms with Crippen LogP contribution >= 0.6 is 12.2 Å². The van der Waals surface area contributed by atoms with Gasteiger partial charge in [0, 0.05) is 0 Å². The van der Waals surface area contributed by atoms with E-state index in [4.69, 9.17) is 22.4 Å². The van der Waals surface area contributed by atoms with Gasteiger partial charge in [0.25, 0.3) is 5.91 Å². The Balaban J connectivity index is 2.15. The summed E-state index contributed by atoms with van der Waals surface area (Å²) in [5, 5.41) is 3.01. The number of furan rings is 1. The lowest BCUT2D eigenvalue weighted by molar-refractivity contribution is 0.0917. The summed E-state index contributed by atoms with van der Waals surface area (Å²) < 4.78 is 4.92. The molecule has 0 aromatic carbocycles. The quantitative estimate of drug-likeness (QED) is 0.651. The summed E-state index contributed by atoms with van der Waals surface area (Å²) >= 11 is 5.18. The molecule has 1 fully saturated rings. The lowest BCUT2D eigenvalue weighted by atomic mass is 9.89. The standard InChI is InChI=1S/C13H18N2O2S/c14-12(18)13(6-3-1-2-4-7-13)15-11(16)10-5-8-17-9-10/h5,8-9H,1-4,6-7H2,(H2,14,18)(H,15,16). The second-order valence-electron chi connectivity index (χ2n) is 4.83. The average molecular weight is 266 g/mol. The second kappa shape index (κ2) is 5.52. The number of hydrogen-bond acceptors (Lipinski definition) is 3. The summed E-state index contributed by atoms with van der Waals surface area (Å²) in [6.07, 6.45) is 9.00. The minimum Gasteiger partial charge on any atom is -0.472 e. The summed E-state index contributed by atoms with van der Waals surface area (Å²) in [6, 6.07) is 1.64. The van der Waals surface area contributed by atoms with Crippen LogP contribution in [0.25, 0.3) is 0 Å². The zero-order chi connectivity index (χ0) is 13.0. The predicted molar refractivity (Wildman–Crippen MR) is 73.4 cm³/mol. The SMILES string of the molecule is NC(=S)C1(NC(=O)c2ccoc2)CCCCCC1. The Morgan fingerprint density at radius 2 is 2.00 bits per heavy atom. The van der Waals surface area contributed by atoms with Crippen LogP contribution in [0.3, 0.4) is 0 Å². The van der Waals surface area contributed by atoms with Gasteiger partial charge in [-0.3, -0.25) is 4.79 Å². The Morgan fingerprint density at radius 3 is 2.50 bits per heavy atom. The molecule has 1 saturated carbocycles. The van der Waals surface area contributed by atoms with Crippen molar-refractivity contribution in [3.05, 3.63) is 24.2 Å². The van der Waals surface area contributed by atoms with Gasteiger partial charge < -0.3 is 15.5 Å². The smallest absolute Gasteiger partial charge is 0.255 e. The molecule has 0 saturated heterocycles. The average Bonchev–Trinajstić information content (AvgIpc) is 2.77. The zero-order valence-corrected chi connectivity index (χ0v) is 11.1. The number of amides is 1. The van der Waals surface area contributed by atoms with Gasteiger partial charge in [-0.05, 0) is 18.9 Å². The first-order valence-electron chi connectivity index (χ1n) is 6.29. The molecule has 2 rings (SSSR count). The van der Waals surface area contributed by atoms with Crippen LogP contribution < -0.4 is 11.1 Å². The van der Waals surface area contributed by atoms with Gasteiger partial charge in [0.1, 0.15) is 6.26 Å². The fourth-order valence-corrected chi connectivity index (χ4v) is 2.70. The molecule has 3 N–H and O–H groups in total. The molecular weight excluding hydrogens is 248 g/mol. The number of thiocarbonyl (C=S) groups is 1. The van der Waals surface area contributed by atoms with E-state index < -0.39 is 5.54 Å². The maximum absolute atomic E-state index is 12.1. The van der Waals surface area contributed by atoms with Crippen molar-refractivity contribution in [2.45, 2.75) is 44.1 Å². The highest BCUT2D eigenvalue weighted by molar-refractivity contribution is 7.80. The Hall–Kier alpha value is -1.36. The third-order valence-electron chi connectivity index (χ3n) is 3.56. The maximum Gasteiger partial charge on any atom is 0.255 e. The molecule has 0 spiro atoms. The van der Waals surface area contributed by atoms with Crippen molar-refractivity contribution in [1.29, 1.82) is 0 Å². The normalized spacial score (nSPS) is 18.9. The van der Waals surface area contributed by atoms with Gasteiger partial charge in [0.15, 0.2) is 0 Å². The molecule has 1 aromatic heterocycles. The van der Waals surface area contributed by atoms with Crippen molar-refractivity contribution in [2.24, 2.45) is 5.73 Å². The number of nitrogens with one attached hydrogen (secondary N) is 1. The minimum absolute atomic E-state index is 0.168. The molecule has 98 valence electrons. The lowest BCUT2D eigenvalue weighted by Gasteiger charge is -2.32. The summed E-state index contributed by atoms with van der Waals surface area (Å²) in [4.78, 5) is 12.5. The molecule has 4 nitrogen and oxygen atoms in total. The van der Waals surface area contributed by atoms with Crippen LogP contribution in [0.4, 0.5) is 0 Å². The van der Waals surface area contributed by atoms with Gasteiger partial charge in [-0.2, -0.15) is 0 Å². The van der Waals surface area contributed by atoms with E-state index in [1.807, 2.05) is 0 Å². The Kier molecular flexibility index (Phi) is 4.01. The molecule has 1 amide bonds. The van der Waals surface area contributed by atoms with Crippen LogP contribution in [0.5, 0.6) is 0 Å². The van der Waals surface area contributed by atoms with E-state index >= 15 is 0 Å². The monoisotopic (exact) mass is 266 g/mol. The van der Waals surface area contributed by atoms with E-state index in [2.05, 4.69) is 5.32 Å². The van der Waals surface area contributed by atoms with E-state index in [0.717, 1.165) is 25.7 Å². The van der Waals surface area contributed by atoms with Gasteiger partial charge >= 0.3 is 0 Å². The van der Waals surface area contributed by atoms with E-state index in [0.29, 0.717) is 10.6 Å². The van der Waals surface area contributed by atoms with Crippen LogP contribution in [0, 0.1) is 0 Å². The number of rotatable bonds is 3. The first kappa shape index (κ1) is 13.1. The third kappa shape index (κ3) is 2.72. The van der Waals surface area contributed by atoms with Crippen molar-refractivity contribution in [3.8, 4) is 0 Å². The highest BCUT2D eigenvalue weighted by Crippen LogP contribution is 2.28. The van der Waals surface area contributed by atoms with E-state index in [1.54, 1.807) is 6.07 Å². The molecule has 5 heteroatoms. The summed E-state index contributed by atoms with van der Waals surface area (Å²) in [5.41, 5.74) is 5.85. The van der Waals surface area contributed by atoms with Crippen LogP contribution in [0.15, 0.2) is 23.0 Å². The summed E-state index contributed by atoms with van der Waals surface area (Å²) in [5.74, 6) is -0.168. The fraction of sp³-hybridized carbons (Fsp3) is 0.538. The van der Waals surface area contributed by atoms with Crippen molar-refractivity contribution in [1.82, 2.24) is 5.32 Å². The summed E-state index contributed by atoms with van der Waals surface area (Å²) in [6.45, 7) is 0. The first-order chi connectivity index (χ1) is 8.64. The van der Waals surface area contributed by atoms with Crippen LogP contribution in [-0.4, -0.2) is 16.4 Å². The van der Waals surface area contributed by atoms with E-state index in [9.17, 15) is 4.79 Å². The molecule has 18 heavy (non-hydrogen) atoms. The van der Waals surface area contributed by atoms with Crippen molar-refractivity contribution >= 4 is 23.1 Å². The molecule has 0 unspecified atom stereocenters. The highest BCUT2D eigenvalue weighted by atomic mass is 32.1. The molecule has 0 radical (unpaired) electrons. The number of hydrogen-bond donors (Lipinski definition) is 2. The lowest BCUT2D eigenvalue weighted by Crippen LogP contribution is -2.56. The van der Waals surface area contributed by atoms with Gasteiger partial charge in [-0.1, -0.05) is 37.9 Å². The van der Waals surface area contributed by atoms with Crippen molar-refractivity contribution in [3.63, 3.8) is 0 Å². The van der Waals surface area contributed by atoms with Crippen LogP contribution in [0.2, 0.25) is 0 Å². The second-order valence-corrected chi connectivity index (χ2v) is 5.27. The Labute approximate surface area is 112 Å². The number of carbonyl (C=O) groups is 1. The number of carbonyl (C=O) groups excluding carboxylic acids is 1. The number of nitrogens with two attached hydrogens (primary N) is 1. The van der Waals surface area contributed by atoms with Gasteiger partial charge in [0.05, 0.1) is 22.4 Å². The summed E-state index contributed by atoms with van der Waals surface area (Å²) in [7, 11) is 0. The van der Waals surface area contributed by atoms with Crippen molar-refractivity contribution in [2.75, 3.05) is 0 Å². The van der Waals surface area contributed by atoms with Gasteiger partial charge in [-0.25, -0.2) is 0 Å². The molecule has 1 aliphatic rings. The predicted octanol–water partition coefficient (Wildman–Crippen LogP) is 2.39. The minimum atomic E-state index is -0.528. The van der Waals surface area contributed by atoms with Crippen LogP contribution in [-0.2, 0) is 0 Å². The molecule has 1 aromatic rings. The van der Waals surface area contributed by atoms with E-state index in [1.165, 1.54) is 25.4 Å². The van der Waals surface area contributed by atoms with Gasteiger partial charge in [0.2, 0.25) is 0 Å². The molecular formula is C13H18N2O2S. The first-order valence-corrected chi connectivity index (χ1v) is 6.69. The molecule has 0 aliphatic heterocycles. The fourth-order valence-electron chi connectivity index (χ4n) is 2.45. The largest absolute Gasteiger partial charge is 0.472 e. The Bertz CT molecular complexity index is 420.